The molecule has 0 aromatic heterocycles. The second kappa shape index (κ2) is 7.53. The summed E-state index contributed by atoms with van der Waals surface area (Å²) in [5.41, 5.74) is 0.812. The largest absolute Gasteiger partial charge is 0.465 e. The Kier molecular flexibility index (Phi) is 6.02. The van der Waals surface area contributed by atoms with Crippen molar-refractivity contribution >= 4 is 11.9 Å². The van der Waals surface area contributed by atoms with E-state index in [0.29, 0.717) is 6.61 Å². The van der Waals surface area contributed by atoms with E-state index in [9.17, 15) is 9.59 Å². The molecule has 1 unspecified atom stereocenters. The number of hydrogen-bond donors (Lipinski definition) is 1. The van der Waals surface area contributed by atoms with Crippen molar-refractivity contribution in [1.29, 1.82) is 0 Å². The van der Waals surface area contributed by atoms with Crippen LogP contribution in [-0.2, 0) is 14.3 Å². The predicted molar refractivity (Wildman–Crippen MR) is 72.5 cm³/mol. The van der Waals surface area contributed by atoms with Crippen molar-refractivity contribution in [3.8, 4) is 0 Å². The molecule has 1 aromatic carbocycles. The summed E-state index contributed by atoms with van der Waals surface area (Å²) < 4.78 is 5.08. The molecule has 0 saturated carbocycles. The molecule has 0 bridgehead atoms. The Morgan fingerprint density at radius 3 is 2.47 bits per heavy atom. The fraction of sp³-hybridized carbons (Fsp3) is 0.429. The zero-order chi connectivity index (χ0) is 14.3. The Bertz CT molecular complexity index is 420. The fourth-order valence-corrected chi connectivity index (χ4v) is 1.82. The van der Waals surface area contributed by atoms with E-state index in [-0.39, 0.29) is 18.4 Å². The Morgan fingerprint density at radius 2 is 1.95 bits per heavy atom. The average molecular weight is 264 g/mol. The fourth-order valence-electron chi connectivity index (χ4n) is 1.82. The Morgan fingerprint density at radius 1 is 1.32 bits per heavy atom. The lowest BCUT2D eigenvalue weighted by atomic mass is 10.1. The third kappa shape index (κ3) is 4.37. The highest BCUT2D eigenvalue weighted by Crippen LogP contribution is 2.20. The summed E-state index contributed by atoms with van der Waals surface area (Å²) in [5.74, 6) is -0.493. The number of carbonyl (C=O) groups excluding carboxylic acids is 2. The maximum atomic E-state index is 12.1. The van der Waals surface area contributed by atoms with Crippen LogP contribution in [-0.4, -0.2) is 44.0 Å². The number of benzene rings is 1. The van der Waals surface area contributed by atoms with Gasteiger partial charge in [0.15, 0.2) is 0 Å². The lowest BCUT2D eigenvalue weighted by Gasteiger charge is -2.25. The molecule has 0 spiro atoms. The highest BCUT2D eigenvalue weighted by Gasteiger charge is 2.27. The van der Waals surface area contributed by atoms with Gasteiger partial charge >= 0.3 is 5.97 Å². The van der Waals surface area contributed by atoms with E-state index in [1.54, 1.807) is 25.9 Å². The average Bonchev–Trinajstić information content (AvgIpc) is 2.40. The number of amides is 1. The van der Waals surface area contributed by atoms with Crippen LogP contribution in [0.3, 0.4) is 0 Å². The van der Waals surface area contributed by atoms with Gasteiger partial charge < -0.3 is 10.1 Å². The van der Waals surface area contributed by atoms with Crippen molar-refractivity contribution in [3.05, 3.63) is 35.9 Å². The molecule has 0 aliphatic heterocycles. The van der Waals surface area contributed by atoms with Gasteiger partial charge in [0.05, 0.1) is 13.2 Å². The van der Waals surface area contributed by atoms with Gasteiger partial charge in [-0.1, -0.05) is 30.3 Å². The van der Waals surface area contributed by atoms with Crippen LogP contribution in [0.4, 0.5) is 0 Å². The van der Waals surface area contributed by atoms with Crippen molar-refractivity contribution in [3.63, 3.8) is 0 Å². The third-order valence-electron chi connectivity index (χ3n) is 2.74. The summed E-state index contributed by atoms with van der Waals surface area (Å²) in [5, 5.41) is 2.54. The normalized spacial score (nSPS) is 12.0. The van der Waals surface area contributed by atoms with Crippen LogP contribution in [0.5, 0.6) is 0 Å². The molecule has 0 heterocycles. The molecule has 0 radical (unpaired) electrons. The summed E-state index contributed by atoms with van der Waals surface area (Å²) in [4.78, 5) is 25.2. The van der Waals surface area contributed by atoms with E-state index >= 15 is 0 Å². The number of rotatable bonds is 6. The first-order valence-corrected chi connectivity index (χ1v) is 6.22. The van der Waals surface area contributed by atoms with Gasteiger partial charge in [0.1, 0.15) is 6.04 Å². The lowest BCUT2D eigenvalue weighted by Crippen LogP contribution is -2.39. The number of likely N-dealkylation sites (N-methyl/N-ethyl adjacent to an activating group) is 2. The van der Waals surface area contributed by atoms with Crippen molar-refractivity contribution in [2.24, 2.45) is 0 Å². The minimum absolute atomic E-state index is 0.134. The molecule has 19 heavy (non-hydrogen) atoms. The topological polar surface area (TPSA) is 58.6 Å². The summed E-state index contributed by atoms with van der Waals surface area (Å²) in [7, 11) is 3.29. The van der Waals surface area contributed by atoms with Gasteiger partial charge in [0.25, 0.3) is 0 Å². The number of hydrogen-bond acceptors (Lipinski definition) is 4. The molecule has 1 rings (SSSR count). The maximum Gasteiger partial charge on any atom is 0.328 e. The minimum atomic E-state index is -0.571. The minimum Gasteiger partial charge on any atom is -0.465 e. The first-order valence-electron chi connectivity index (χ1n) is 6.22. The van der Waals surface area contributed by atoms with Crippen LogP contribution in [0.25, 0.3) is 0 Å². The molecule has 0 aliphatic carbocycles. The number of nitrogens with zero attached hydrogens (tertiary/aromatic N) is 1. The van der Waals surface area contributed by atoms with Gasteiger partial charge in [0.2, 0.25) is 5.91 Å². The zero-order valence-electron chi connectivity index (χ0n) is 11.6. The molecule has 0 aliphatic rings. The first kappa shape index (κ1) is 15.2. The molecule has 1 N–H and O–H groups in total. The van der Waals surface area contributed by atoms with Crippen molar-refractivity contribution in [2.75, 3.05) is 27.2 Å². The monoisotopic (exact) mass is 264 g/mol. The van der Waals surface area contributed by atoms with Crippen molar-refractivity contribution in [2.45, 2.75) is 13.0 Å². The van der Waals surface area contributed by atoms with Gasteiger partial charge in [-0.3, -0.25) is 9.69 Å². The van der Waals surface area contributed by atoms with Gasteiger partial charge in [-0.15, -0.1) is 0 Å². The molecular formula is C14H20N2O3. The van der Waals surface area contributed by atoms with Crippen LogP contribution < -0.4 is 5.32 Å². The summed E-state index contributed by atoms with van der Waals surface area (Å²) in [6.07, 6.45) is 0. The Hall–Kier alpha value is -1.88. The van der Waals surface area contributed by atoms with E-state index in [0.717, 1.165) is 5.56 Å². The summed E-state index contributed by atoms with van der Waals surface area (Å²) in [6, 6.07) is 8.72. The van der Waals surface area contributed by atoms with Crippen LogP contribution >= 0.6 is 0 Å². The number of ether oxygens (including phenoxy) is 1. The number of esters is 1. The molecule has 0 saturated heterocycles. The quantitative estimate of drug-likeness (QED) is 0.778. The van der Waals surface area contributed by atoms with E-state index < -0.39 is 6.04 Å². The molecule has 104 valence electrons. The first-order chi connectivity index (χ1) is 9.10. The maximum absolute atomic E-state index is 12.1. The Labute approximate surface area is 113 Å². The van der Waals surface area contributed by atoms with Crippen LogP contribution in [0.15, 0.2) is 30.3 Å². The summed E-state index contributed by atoms with van der Waals surface area (Å²) in [6.45, 7) is 2.21. The number of carbonyl (C=O) groups is 2. The molecule has 1 amide bonds. The van der Waals surface area contributed by atoms with Crippen molar-refractivity contribution in [1.82, 2.24) is 10.2 Å². The van der Waals surface area contributed by atoms with Crippen LogP contribution in [0, 0.1) is 0 Å². The molecule has 0 fully saturated rings. The predicted octanol–water partition coefficient (Wildman–Crippen LogP) is 0.969. The molecular weight excluding hydrogens is 244 g/mol. The molecule has 1 atom stereocenters. The smallest absolute Gasteiger partial charge is 0.328 e. The Balaban J connectivity index is 2.92. The molecule has 1 aromatic rings. The molecule has 5 heteroatoms. The highest BCUT2D eigenvalue weighted by atomic mass is 16.5. The molecule has 5 nitrogen and oxygen atoms in total. The second-order valence-corrected chi connectivity index (χ2v) is 4.15. The van der Waals surface area contributed by atoms with Gasteiger partial charge in [0, 0.05) is 7.05 Å². The van der Waals surface area contributed by atoms with Gasteiger partial charge in [-0.2, -0.15) is 0 Å². The van der Waals surface area contributed by atoms with E-state index in [2.05, 4.69) is 5.32 Å². The van der Waals surface area contributed by atoms with E-state index in [1.165, 1.54) is 0 Å². The highest BCUT2D eigenvalue weighted by molar-refractivity contribution is 5.81. The summed E-state index contributed by atoms with van der Waals surface area (Å²) >= 11 is 0. The lowest BCUT2D eigenvalue weighted by molar-refractivity contribution is -0.149. The zero-order valence-corrected chi connectivity index (χ0v) is 11.6. The standard InChI is InChI=1S/C14H20N2O3/c1-4-19-14(18)13(11-8-6-5-7-9-11)16(3)10-12(17)15-2/h5-9,13H,4,10H2,1-3H3,(H,15,17). The van der Waals surface area contributed by atoms with E-state index in [1.807, 2.05) is 30.3 Å². The van der Waals surface area contributed by atoms with Gasteiger partial charge in [-0.05, 0) is 19.5 Å². The van der Waals surface area contributed by atoms with E-state index in [4.69, 9.17) is 4.74 Å². The van der Waals surface area contributed by atoms with Crippen LogP contribution in [0.1, 0.15) is 18.5 Å². The van der Waals surface area contributed by atoms with Gasteiger partial charge in [-0.25, -0.2) is 4.79 Å². The SMILES string of the molecule is CCOC(=O)C(c1ccccc1)N(C)CC(=O)NC. The van der Waals surface area contributed by atoms with Crippen LogP contribution in [0.2, 0.25) is 0 Å². The van der Waals surface area contributed by atoms with Crippen molar-refractivity contribution < 1.29 is 14.3 Å². The second-order valence-electron chi connectivity index (χ2n) is 4.15. The third-order valence-corrected chi connectivity index (χ3v) is 2.74. The number of nitrogens with one attached hydrogen (secondary N) is 1.